The molecule has 1 unspecified atom stereocenters. The Labute approximate surface area is 224 Å². The number of halogens is 1. The van der Waals surface area contributed by atoms with Gasteiger partial charge in [0.1, 0.15) is 5.65 Å². The average Bonchev–Trinajstić information content (AvgIpc) is 3.30. The van der Waals surface area contributed by atoms with Crippen LogP contribution in [0.15, 0.2) is 67.0 Å². The molecule has 10 heteroatoms. The van der Waals surface area contributed by atoms with Crippen molar-refractivity contribution in [2.75, 3.05) is 38.5 Å². The number of hydrogen-bond donors (Lipinski definition) is 2. The number of piperazine rings is 1. The van der Waals surface area contributed by atoms with Gasteiger partial charge in [0.05, 0.1) is 5.56 Å². The summed E-state index contributed by atoms with van der Waals surface area (Å²) in [6, 6.07) is 17.3. The van der Waals surface area contributed by atoms with Gasteiger partial charge in [-0.25, -0.2) is 4.98 Å². The molecule has 1 saturated heterocycles. The Kier molecular flexibility index (Phi) is 8.73. The van der Waals surface area contributed by atoms with Gasteiger partial charge >= 0.3 is 0 Å². The number of likely N-dealkylation sites (N-methyl/N-ethyl adjacent to an activating group) is 1. The van der Waals surface area contributed by atoms with E-state index >= 15 is 0 Å². The van der Waals surface area contributed by atoms with Gasteiger partial charge in [-0.2, -0.15) is 0 Å². The number of hydrogen-bond acceptors (Lipinski definition) is 6. The summed E-state index contributed by atoms with van der Waals surface area (Å²) in [5.74, 6) is -0.493. The second kappa shape index (κ2) is 12.0. The number of nitrogens with one attached hydrogen (secondary N) is 2. The molecular formula is C27H29ClN5O3S-. The maximum Gasteiger partial charge on any atom is 0.257 e. The fourth-order valence-electron chi connectivity index (χ4n) is 4.50. The number of nitrogens with zero attached hydrogens (tertiary/aromatic N) is 3. The molecule has 1 fully saturated rings. The summed E-state index contributed by atoms with van der Waals surface area (Å²) >= 11 is -2.25. The minimum absolute atomic E-state index is 0. The van der Waals surface area contributed by atoms with Crippen LogP contribution in [0, 0.1) is 0 Å². The first-order chi connectivity index (χ1) is 17.5. The highest BCUT2D eigenvalue weighted by molar-refractivity contribution is 7.78. The van der Waals surface area contributed by atoms with E-state index in [4.69, 9.17) is 0 Å². The van der Waals surface area contributed by atoms with Crippen LogP contribution in [0.2, 0.25) is 0 Å². The molecule has 2 aromatic carbocycles. The zero-order valence-corrected chi connectivity index (χ0v) is 22.1. The van der Waals surface area contributed by atoms with Crippen LogP contribution in [0.3, 0.4) is 0 Å². The van der Waals surface area contributed by atoms with Crippen LogP contribution in [0.4, 0.5) is 5.69 Å². The number of aromatic amines is 1. The zero-order valence-electron chi connectivity index (χ0n) is 20.5. The number of pyridine rings is 1. The predicted octanol–water partition coefficient (Wildman–Crippen LogP) is 4.03. The van der Waals surface area contributed by atoms with Gasteiger partial charge in [0, 0.05) is 67.5 Å². The number of fused-ring (bicyclic) bond motifs is 1. The number of aromatic nitrogens is 2. The van der Waals surface area contributed by atoms with Crippen molar-refractivity contribution in [3.8, 4) is 11.1 Å². The highest BCUT2D eigenvalue weighted by atomic mass is 35.5. The Balaban J connectivity index is 0.00000320. The summed E-state index contributed by atoms with van der Waals surface area (Å²) < 4.78 is 22.4. The molecular weight excluding hydrogens is 510 g/mol. The van der Waals surface area contributed by atoms with Crippen LogP contribution in [0.25, 0.3) is 22.2 Å². The average molecular weight is 539 g/mol. The standard InChI is InChI=1S/C27H29N5O3S.ClH/c1-31-10-12-32(13-11-31)17-19-6-8-20(9-7-19)22-14-23-24(16-29-26(23)28-15-22)27(33)30-25-5-3-2-4-21(25)18-36(34)35;/h2-9,14-16H,10-13,17-18H2,1H3,(H,28,29)(H,30,33)(H,34,35);1H/p-1. The van der Waals surface area contributed by atoms with E-state index in [0.717, 1.165) is 43.9 Å². The first-order valence-electron chi connectivity index (χ1n) is 11.9. The second-order valence-corrected chi connectivity index (χ2v) is 10.1. The molecule has 2 N–H and O–H groups in total. The van der Waals surface area contributed by atoms with E-state index in [-0.39, 0.29) is 24.1 Å². The topological polar surface area (TPSA) is 104 Å². The molecule has 1 amide bonds. The van der Waals surface area contributed by atoms with E-state index in [0.29, 0.717) is 27.8 Å². The fraction of sp³-hybridized carbons (Fsp3) is 0.259. The van der Waals surface area contributed by atoms with E-state index in [1.807, 2.05) is 6.07 Å². The summed E-state index contributed by atoms with van der Waals surface area (Å²) in [6.45, 7) is 5.29. The van der Waals surface area contributed by atoms with Crippen molar-refractivity contribution in [1.29, 1.82) is 0 Å². The van der Waals surface area contributed by atoms with Crippen LogP contribution >= 0.6 is 12.4 Å². The van der Waals surface area contributed by atoms with Gasteiger partial charge in [0.2, 0.25) is 0 Å². The van der Waals surface area contributed by atoms with Gasteiger partial charge in [0.15, 0.2) is 0 Å². The van der Waals surface area contributed by atoms with Crippen LogP contribution in [-0.2, 0) is 23.4 Å². The fourth-order valence-corrected chi connectivity index (χ4v) is 5.01. The number of H-pyrrole nitrogens is 1. The lowest BCUT2D eigenvalue weighted by Crippen LogP contribution is -2.43. The Hall–Kier alpha value is -3.08. The number of amides is 1. The first kappa shape index (κ1) is 27.0. The van der Waals surface area contributed by atoms with Gasteiger partial charge in [-0.3, -0.25) is 13.9 Å². The molecule has 1 aliphatic rings. The SMILES string of the molecule is CN1CCN(Cc2ccc(-c3cnc4[nH]cc(C(=O)Nc5ccccc5CS(=O)[O-])c4c3)cc2)CC1.Cl. The van der Waals surface area contributed by atoms with E-state index in [9.17, 15) is 13.6 Å². The van der Waals surface area contributed by atoms with Crippen LogP contribution in [-0.4, -0.2) is 67.7 Å². The number of anilines is 1. The maximum absolute atomic E-state index is 13.1. The molecule has 0 saturated carbocycles. The first-order valence-corrected chi connectivity index (χ1v) is 13.1. The second-order valence-electron chi connectivity index (χ2n) is 9.16. The predicted molar refractivity (Wildman–Crippen MR) is 149 cm³/mol. The van der Waals surface area contributed by atoms with Gasteiger partial charge in [0.25, 0.3) is 5.91 Å². The summed E-state index contributed by atoms with van der Waals surface area (Å²) in [5, 5.41) is 3.56. The molecule has 0 aliphatic carbocycles. The lowest BCUT2D eigenvalue weighted by molar-refractivity contribution is 0.102. The molecule has 194 valence electrons. The molecule has 8 nitrogen and oxygen atoms in total. The van der Waals surface area contributed by atoms with Crippen molar-refractivity contribution in [3.05, 3.63) is 83.7 Å². The number of benzene rings is 2. The lowest BCUT2D eigenvalue weighted by atomic mass is 10.0. The Morgan fingerprint density at radius 1 is 1.08 bits per heavy atom. The van der Waals surface area contributed by atoms with Crippen LogP contribution in [0.1, 0.15) is 21.5 Å². The largest absolute Gasteiger partial charge is 0.772 e. The molecule has 1 aliphatic heterocycles. The summed E-state index contributed by atoms with van der Waals surface area (Å²) in [6.07, 6.45) is 3.43. The molecule has 4 aromatic rings. The molecule has 0 spiro atoms. The Morgan fingerprint density at radius 2 is 1.81 bits per heavy atom. The van der Waals surface area contributed by atoms with Crippen molar-refractivity contribution in [3.63, 3.8) is 0 Å². The monoisotopic (exact) mass is 538 g/mol. The molecule has 0 radical (unpaired) electrons. The van der Waals surface area contributed by atoms with Crippen molar-refractivity contribution < 1.29 is 13.6 Å². The molecule has 0 bridgehead atoms. The van der Waals surface area contributed by atoms with Crippen LogP contribution in [0.5, 0.6) is 0 Å². The van der Waals surface area contributed by atoms with Gasteiger partial charge < -0.3 is 19.8 Å². The smallest absolute Gasteiger partial charge is 0.257 e. The molecule has 1 atom stereocenters. The van der Waals surface area contributed by atoms with E-state index < -0.39 is 11.1 Å². The number of carbonyl (C=O) groups excluding carboxylic acids is 1. The highest BCUT2D eigenvalue weighted by Gasteiger charge is 2.16. The molecule has 37 heavy (non-hydrogen) atoms. The third kappa shape index (κ3) is 6.44. The minimum Gasteiger partial charge on any atom is -0.772 e. The van der Waals surface area contributed by atoms with Crippen molar-refractivity contribution in [2.24, 2.45) is 0 Å². The Morgan fingerprint density at radius 3 is 2.54 bits per heavy atom. The quantitative estimate of drug-likeness (QED) is 0.344. The lowest BCUT2D eigenvalue weighted by Gasteiger charge is -2.32. The van der Waals surface area contributed by atoms with Crippen molar-refractivity contribution in [1.82, 2.24) is 19.8 Å². The van der Waals surface area contributed by atoms with E-state index in [1.54, 1.807) is 36.7 Å². The highest BCUT2D eigenvalue weighted by Crippen LogP contribution is 2.26. The summed E-state index contributed by atoms with van der Waals surface area (Å²) in [4.78, 5) is 25.5. The molecule has 3 heterocycles. The van der Waals surface area contributed by atoms with E-state index in [2.05, 4.69) is 56.4 Å². The van der Waals surface area contributed by atoms with E-state index in [1.165, 1.54) is 5.56 Å². The third-order valence-electron chi connectivity index (χ3n) is 6.60. The van der Waals surface area contributed by atoms with Gasteiger partial charge in [-0.05, 0) is 35.9 Å². The zero-order chi connectivity index (χ0) is 25.1. The Bertz CT molecular complexity index is 1400. The summed E-state index contributed by atoms with van der Waals surface area (Å²) in [5.41, 5.74) is 5.30. The minimum atomic E-state index is -2.25. The number of para-hydroxylation sites is 1. The maximum atomic E-state index is 13.1. The number of carbonyl (C=O) groups is 1. The normalized spacial score (nSPS) is 15.3. The van der Waals surface area contributed by atoms with Crippen molar-refractivity contribution >= 4 is 46.1 Å². The molecule has 5 rings (SSSR count). The van der Waals surface area contributed by atoms with Crippen molar-refractivity contribution in [2.45, 2.75) is 12.3 Å². The molecule has 2 aromatic heterocycles. The van der Waals surface area contributed by atoms with Gasteiger partial charge in [-0.15, -0.1) is 12.4 Å². The third-order valence-corrected chi connectivity index (χ3v) is 7.15. The number of rotatable bonds is 7. The van der Waals surface area contributed by atoms with Crippen LogP contribution < -0.4 is 5.32 Å². The van der Waals surface area contributed by atoms with Gasteiger partial charge in [-0.1, -0.05) is 53.5 Å². The summed E-state index contributed by atoms with van der Waals surface area (Å²) in [7, 11) is 2.16.